The van der Waals surface area contributed by atoms with Crippen LogP contribution < -0.4 is 11.5 Å². The molecular weight excluding hydrogens is 156 g/mol. The average Bonchev–Trinajstić information content (AvgIpc) is 2.03. The van der Waals surface area contributed by atoms with Gasteiger partial charge in [0.15, 0.2) is 0 Å². The first-order chi connectivity index (χ1) is 5.68. The van der Waals surface area contributed by atoms with E-state index in [2.05, 4.69) is 10.5 Å². The molecular formula is C8H11N2O2+. The second-order valence-corrected chi connectivity index (χ2v) is 2.40. The van der Waals surface area contributed by atoms with Crippen molar-refractivity contribution in [3.63, 3.8) is 0 Å². The summed E-state index contributed by atoms with van der Waals surface area (Å²) in [6.45, 7) is 0.253. The fourth-order valence-electron chi connectivity index (χ4n) is 0.778. The predicted molar refractivity (Wildman–Crippen MR) is 43.9 cm³/mol. The maximum absolute atomic E-state index is 10.3. The molecule has 0 saturated carbocycles. The van der Waals surface area contributed by atoms with E-state index in [9.17, 15) is 4.79 Å². The second kappa shape index (κ2) is 3.73. The Morgan fingerprint density at radius 1 is 1.42 bits per heavy atom. The molecule has 1 aromatic carbocycles. The summed E-state index contributed by atoms with van der Waals surface area (Å²) in [7, 11) is 0. The number of benzene rings is 1. The summed E-state index contributed by atoms with van der Waals surface area (Å²) >= 11 is 0. The van der Waals surface area contributed by atoms with Crippen LogP contribution in [0.5, 0.6) is 0 Å². The Morgan fingerprint density at radius 3 is 2.50 bits per heavy atom. The van der Waals surface area contributed by atoms with Gasteiger partial charge in [-0.2, -0.15) is 4.79 Å². The third-order valence-electron chi connectivity index (χ3n) is 1.38. The van der Waals surface area contributed by atoms with Gasteiger partial charge in [0.05, 0.1) is 0 Å². The Labute approximate surface area is 70.1 Å². The number of carbonyl (C=O) groups is 1. The van der Waals surface area contributed by atoms with E-state index in [1.807, 2.05) is 0 Å². The van der Waals surface area contributed by atoms with Crippen molar-refractivity contribution in [1.82, 2.24) is 0 Å². The van der Waals surface area contributed by atoms with Crippen molar-refractivity contribution in [3.05, 3.63) is 29.8 Å². The maximum Gasteiger partial charge on any atom is 0.511 e. The molecule has 64 valence electrons. The molecule has 5 N–H and O–H groups in total. The molecule has 0 radical (unpaired) electrons. The quantitative estimate of drug-likeness (QED) is 0.615. The summed E-state index contributed by atoms with van der Waals surface area (Å²) in [6.07, 6.45) is -0.521. The molecule has 0 aliphatic rings. The van der Waals surface area contributed by atoms with Crippen LogP contribution in [0, 0.1) is 0 Å². The molecule has 12 heavy (non-hydrogen) atoms. The second-order valence-electron chi connectivity index (χ2n) is 2.40. The van der Waals surface area contributed by atoms with E-state index in [0.717, 1.165) is 5.56 Å². The van der Waals surface area contributed by atoms with E-state index in [-0.39, 0.29) is 6.61 Å². The van der Waals surface area contributed by atoms with Crippen molar-refractivity contribution >= 4 is 11.8 Å². The topological polar surface area (TPSA) is 80.0 Å². The van der Waals surface area contributed by atoms with Crippen LogP contribution in [-0.4, -0.2) is 6.09 Å². The molecule has 0 aromatic heterocycles. The molecule has 1 rings (SSSR count). The number of carbonyl (C=O) groups excluding carboxylic acids is 1. The first-order valence-electron chi connectivity index (χ1n) is 3.51. The van der Waals surface area contributed by atoms with E-state index in [4.69, 9.17) is 5.73 Å². The van der Waals surface area contributed by atoms with Gasteiger partial charge in [-0.05, 0) is 17.7 Å². The Morgan fingerprint density at radius 2 is 2.00 bits per heavy atom. The van der Waals surface area contributed by atoms with Crippen LogP contribution in [0.4, 0.5) is 10.5 Å². The van der Waals surface area contributed by atoms with Crippen molar-refractivity contribution < 1.29 is 15.3 Å². The fourth-order valence-corrected chi connectivity index (χ4v) is 0.778. The lowest BCUT2D eigenvalue weighted by atomic mass is 10.2. The zero-order chi connectivity index (χ0) is 8.97. The van der Waals surface area contributed by atoms with Crippen LogP contribution in [0.3, 0.4) is 0 Å². The van der Waals surface area contributed by atoms with Gasteiger partial charge in [0.25, 0.3) is 0 Å². The monoisotopic (exact) mass is 167 g/mol. The minimum absolute atomic E-state index is 0.253. The van der Waals surface area contributed by atoms with Crippen molar-refractivity contribution in [2.24, 2.45) is 0 Å². The van der Waals surface area contributed by atoms with E-state index >= 15 is 0 Å². The molecule has 0 aliphatic carbocycles. The Bertz CT molecular complexity index is 269. The lowest BCUT2D eigenvalue weighted by Gasteiger charge is -1.99. The van der Waals surface area contributed by atoms with Crippen LogP contribution in [0.2, 0.25) is 0 Å². The standard InChI is InChI=1S/C8H10N2O2/c9-7-3-1-6(2-4-7)5-12-8(10)11/h1-4H,5,9H2,(H2,10,11)/p+1. The molecule has 0 spiro atoms. The third-order valence-corrected chi connectivity index (χ3v) is 1.38. The number of nitrogens with two attached hydrogens (primary N) is 1. The number of quaternary nitrogens is 1. The number of ether oxygens (including phenoxy) is 1. The zero-order valence-corrected chi connectivity index (χ0v) is 6.62. The largest absolute Gasteiger partial charge is 0.511 e. The highest BCUT2D eigenvalue weighted by Crippen LogP contribution is 2.05. The van der Waals surface area contributed by atoms with Gasteiger partial charge in [-0.3, -0.25) is 5.73 Å². The van der Waals surface area contributed by atoms with Crippen molar-refractivity contribution in [1.29, 1.82) is 0 Å². The minimum Gasteiger partial charge on any atom is -0.415 e. The van der Waals surface area contributed by atoms with Gasteiger partial charge in [-0.1, -0.05) is 12.1 Å². The zero-order valence-electron chi connectivity index (χ0n) is 6.62. The molecule has 0 unspecified atom stereocenters. The normalized spacial score (nSPS) is 9.42. The van der Waals surface area contributed by atoms with Gasteiger partial charge in [-0.15, -0.1) is 0 Å². The van der Waals surface area contributed by atoms with E-state index in [1.54, 1.807) is 24.3 Å². The molecule has 1 amide bonds. The lowest BCUT2D eigenvalue weighted by molar-refractivity contribution is -0.284. The third kappa shape index (κ3) is 2.59. The number of hydrogen-bond acceptors (Lipinski definition) is 3. The number of nitrogen functional groups attached to an aromatic ring is 1. The predicted octanol–water partition coefficient (Wildman–Crippen LogP) is 0.147. The summed E-state index contributed by atoms with van der Waals surface area (Å²) in [5.41, 5.74) is 10.1. The molecule has 0 heterocycles. The minimum atomic E-state index is -0.521. The molecule has 0 atom stereocenters. The Hall–Kier alpha value is -1.55. The maximum atomic E-state index is 10.3. The first kappa shape index (κ1) is 8.55. The van der Waals surface area contributed by atoms with Crippen LogP contribution in [-0.2, 0) is 11.3 Å². The highest BCUT2D eigenvalue weighted by molar-refractivity contribution is 5.54. The average molecular weight is 167 g/mol. The molecule has 0 saturated heterocycles. The summed E-state index contributed by atoms with van der Waals surface area (Å²) in [5, 5.41) is 0. The number of anilines is 1. The molecule has 0 aliphatic heterocycles. The fraction of sp³-hybridized carbons (Fsp3) is 0.125. The first-order valence-corrected chi connectivity index (χ1v) is 3.51. The van der Waals surface area contributed by atoms with Crippen molar-refractivity contribution in [2.75, 3.05) is 5.73 Å². The molecule has 0 fully saturated rings. The number of amides is 1. The Kier molecular flexibility index (Phi) is 2.66. The van der Waals surface area contributed by atoms with Gasteiger partial charge < -0.3 is 10.5 Å². The SMILES string of the molecule is Nc1ccc(COC([NH3+])=O)cc1. The van der Waals surface area contributed by atoms with Crippen molar-refractivity contribution in [2.45, 2.75) is 6.61 Å². The van der Waals surface area contributed by atoms with Gasteiger partial charge in [-0.25, -0.2) is 0 Å². The summed E-state index contributed by atoms with van der Waals surface area (Å²) in [6, 6.07) is 7.12. The van der Waals surface area contributed by atoms with Crippen LogP contribution >= 0.6 is 0 Å². The molecule has 1 aromatic rings. The smallest absolute Gasteiger partial charge is 0.415 e. The van der Waals surface area contributed by atoms with Crippen molar-refractivity contribution in [3.8, 4) is 0 Å². The Balaban J connectivity index is 2.53. The van der Waals surface area contributed by atoms with E-state index in [0.29, 0.717) is 5.69 Å². The molecule has 4 nitrogen and oxygen atoms in total. The molecule has 4 heteroatoms. The van der Waals surface area contributed by atoms with E-state index in [1.165, 1.54) is 0 Å². The lowest BCUT2D eigenvalue weighted by Crippen LogP contribution is -2.56. The van der Waals surface area contributed by atoms with Gasteiger partial charge >= 0.3 is 6.09 Å². The highest BCUT2D eigenvalue weighted by atomic mass is 16.5. The number of rotatable bonds is 2. The van der Waals surface area contributed by atoms with Gasteiger partial charge in [0.2, 0.25) is 0 Å². The van der Waals surface area contributed by atoms with Crippen LogP contribution in [0.15, 0.2) is 24.3 Å². The van der Waals surface area contributed by atoms with Crippen LogP contribution in [0.25, 0.3) is 0 Å². The summed E-state index contributed by atoms with van der Waals surface area (Å²) in [4.78, 5) is 10.3. The van der Waals surface area contributed by atoms with Gasteiger partial charge in [0, 0.05) is 5.69 Å². The summed E-state index contributed by atoms with van der Waals surface area (Å²) < 4.78 is 4.68. The highest BCUT2D eigenvalue weighted by Gasteiger charge is 1.98. The van der Waals surface area contributed by atoms with Gasteiger partial charge in [0.1, 0.15) is 6.61 Å². The summed E-state index contributed by atoms with van der Waals surface area (Å²) in [5.74, 6) is 0. The molecule has 0 bridgehead atoms. The number of hydrogen-bond donors (Lipinski definition) is 2. The van der Waals surface area contributed by atoms with Crippen LogP contribution in [0.1, 0.15) is 5.56 Å². The van der Waals surface area contributed by atoms with E-state index < -0.39 is 6.09 Å².